The molecule has 164 valence electrons. The van der Waals surface area contributed by atoms with E-state index in [-0.39, 0.29) is 23.9 Å². The van der Waals surface area contributed by atoms with Crippen LogP contribution >= 0.6 is 0 Å². The predicted octanol–water partition coefficient (Wildman–Crippen LogP) is 2.34. The molecule has 0 aliphatic carbocycles. The van der Waals surface area contributed by atoms with Crippen molar-refractivity contribution in [3.05, 3.63) is 40.7 Å². The Morgan fingerprint density at radius 1 is 1.10 bits per heavy atom. The van der Waals surface area contributed by atoms with Gasteiger partial charge in [0, 0.05) is 32.6 Å². The Kier molecular flexibility index (Phi) is 6.82. The van der Waals surface area contributed by atoms with Crippen LogP contribution in [0.15, 0.2) is 23.1 Å². The van der Waals surface area contributed by atoms with E-state index in [0.717, 1.165) is 16.9 Å². The van der Waals surface area contributed by atoms with Gasteiger partial charge in [-0.05, 0) is 45.2 Å². The van der Waals surface area contributed by atoms with Gasteiger partial charge in [-0.25, -0.2) is 8.42 Å². The van der Waals surface area contributed by atoms with Gasteiger partial charge in [-0.15, -0.1) is 0 Å². The molecule has 0 saturated carbocycles. The number of benzene rings is 1. The molecule has 0 bridgehead atoms. The van der Waals surface area contributed by atoms with Crippen molar-refractivity contribution in [2.24, 2.45) is 0 Å². The molecule has 0 unspecified atom stereocenters. The van der Waals surface area contributed by atoms with Crippen LogP contribution < -0.4 is 4.74 Å². The number of nitrogens with zero attached hydrogens (tertiary/aromatic N) is 3. The molecular formula is C21H30N4O4S. The molecule has 1 aliphatic rings. The van der Waals surface area contributed by atoms with E-state index in [1.165, 1.54) is 4.31 Å². The summed E-state index contributed by atoms with van der Waals surface area (Å²) in [5.41, 5.74) is 3.17. The number of aromatic amines is 1. The third-order valence-corrected chi connectivity index (χ3v) is 7.60. The molecule has 3 rings (SSSR count). The molecule has 0 radical (unpaired) electrons. The fraction of sp³-hybridized carbons (Fsp3) is 0.524. The molecule has 8 nitrogen and oxygen atoms in total. The number of para-hydroxylation sites is 1. The topological polar surface area (TPSA) is 95.6 Å². The van der Waals surface area contributed by atoms with Gasteiger partial charge in [0.15, 0.2) is 0 Å². The summed E-state index contributed by atoms with van der Waals surface area (Å²) in [6.45, 7) is 9.24. The van der Waals surface area contributed by atoms with Crippen LogP contribution in [0.5, 0.6) is 5.75 Å². The minimum Gasteiger partial charge on any atom is -0.493 e. The number of carbonyl (C=O) groups is 1. The van der Waals surface area contributed by atoms with E-state index in [0.29, 0.717) is 43.9 Å². The van der Waals surface area contributed by atoms with Crippen LogP contribution in [0.4, 0.5) is 0 Å². The number of nitrogens with one attached hydrogen (secondary N) is 1. The third kappa shape index (κ3) is 4.67. The summed E-state index contributed by atoms with van der Waals surface area (Å²) in [5, 5.41) is 6.71. The normalized spacial score (nSPS) is 15.4. The predicted molar refractivity (Wildman–Crippen MR) is 114 cm³/mol. The lowest BCUT2D eigenvalue weighted by Crippen LogP contribution is -2.50. The average Bonchev–Trinajstić information content (AvgIpc) is 3.05. The summed E-state index contributed by atoms with van der Waals surface area (Å²) in [7, 11) is -3.61. The largest absolute Gasteiger partial charge is 0.493 e. The molecule has 2 heterocycles. The van der Waals surface area contributed by atoms with Crippen LogP contribution in [0.25, 0.3) is 0 Å². The first-order chi connectivity index (χ1) is 14.2. The van der Waals surface area contributed by atoms with Crippen LogP contribution in [-0.2, 0) is 14.8 Å². The molecule has 0 spiro atoms. The number of hydrogen-bond acceptors (Lipinski definition) is 5. The fourth-order valence-electron chi connectivity index (χ4n) is 3.81. The summed E-state index contributed by atoms with van der Waals surface area (Å²) in [5.74, 6) is 0.918. The van der Waals surface area contributed by atoms with Gasteiger partial charge in [0.25, 0.3) is 0 Å². The highest BCUT2D eigenvalue weighted by molar-refractivity contribution is 7.89. The SMILES string of the molecule is Cc1cccc(C)c1OCCCC(=O)N1CCN(S(=O)(=O)c2c(C)n[nH]c2C)CC1. The number of amides is 1. The highest BCUT2D eigenvalue weighted by Gasteiger charge is 2.33. The highest BCUT2D eigenvalue weighted by atomic mass is 32.2. The molecule has 2 aromatic rings. The maximum Gasteiger partial charge on any atom is 0.246 e. The molecule has 1 saturated heterocycles. The first-order valence-corrected chi connectivity index (χ1v) is 11.6. The quantitative estimate of drug-likeness (QED) is 0.675. The van der Waals surface area contributed by atoms with Crippen molar-refractivity contribution in [3.8, 4) is 5.75 Å². The Morgan fingerprint density at radius 2 is 1.73 bits per heavy atom. The second-order valence-electron chi connectivity index (χ2n) is 7.72. The van der Waals surface area contributed by atoms with E-state index in [1.54, 1.807) is 18.7 Å². The Labute approximate surface area is 178 Å². The lowest BCUT2D eigenvalue weighted by Gasteiger charge is -2.34. The van der Waals surface area contributed by atoms with Crippen LogP contribution in [0.3, 0.4) is 0 Å². The van der Waals surface area contributed by atoms with Crippen LogP contribution in [0.1, 0.15) is 35.4 Å². The van der Waals surface area contributed by atoms with Gasteiger partial charge < -0.3 is 9.64 Å². The molecule has 0 atom stereocenters. The van der Waals surface area contributed by atoms with Gasteiger partial charge >= 0.3 is 0 Å². The van der Waals surface area contributed by atoms with Crippen LogP contribution in [0, 0.1) is 27.7 Å². The summed E-state index contributed by atoms with van der Waals surface area (Å²) in [4.78, 5) is 14.5. The summed E-state index contributed by atoms with van der Waals surface area (Å²) >= 11 is 0. The number of aromatic nitrogens is 2. The lowest BCUT2D eigenvalue weighted by atomic mass is 10.1. The van der Waals surface area contributed by atoms with Gasteiger partial charge in [-0.3, -0.25) is 9.89 Å². The number of hydrogen-bond donors (Lipinski definition) is 1. The fourth-order valence-corrected chi connectivity index (χ4v) is 5.56. The molecule has 9 heteroatoms. The Bertz CT molecular complexity index is 968. The Balaban J connectivity index is 1.47. The molecule has 1 aliphatic heterocycles. The molecule has 1 aromatic carbocycles. The van der Waals surface area contributed by atoms with E-state index in [4.69, 9.17) is 4.74 Å². The van der Waals surface area contributed by atoms with Crippen LogP contribution in [0.2, 0.25) is 0 Å². The molecule has 1 fully saturated rings. The number of H-pyrrole nitrogens is 1. The summed E-state index contributed by atoms with van der Waals surface area (Å²) in [6.07, 6.45) is 1.01. The van der Waals surface area contributed by atoms with Gasteiger partial charge in [-0.2, -0.15) is 9.40 Å². The van der Waals surface area contributed by atoms with Crippen molar-refractivity contribution in [1.82, 2.24) is 19.4 Å². The van der Waals surface area contributed by atoms with E-state index < -0.39 is 10.0 Å². The van der Waals surface area contributed by atoms with Gasteiger partial charge in [0.1, 0.15) is 10.6 Å². The second-order valence-corrected chi connectivity index (χ2v) is 9.60. The maximum absolute atomic E-state index is 12.9. The van der Waals surface area contributed by atoms with Crippen molar-refractivity contribution in [2.45, 2.75) is 45.4 Å². The standard InChI is InChI=1S/C21H30N4O4S/c1-15-7-5-8-16(2)20(15)29-14-6-9-19(26)24-10-12-25(13-11-24)30(27,28)21-17(3)22-23-18(21)4/h5,7-8H,6,9-14H2,1-4H3,(H,22,23). The first-order valence-electron chi connectivity index (χ1n) is 10.2. The molecular weight excluding hydrogens is 404 g/mol. The minimum atomic E-state index is -3.61. The first kappa shape index (κ1) is 22.3. The Hall–Kier alpha value is -2.39. The molecule has 1 aromatic heterocycles. The molecule has 1 N–H and O–H groups in total. The summed E-state index contributed by atoms with van der Waals surface area (Å²) < 4.78 is 33.1. The minimum absolute atomic E-state index is 0.0350. The monoisotopic (exact) mass is 434 g/mol. The van der Waals surface area contributed by atoms with Crippen molar-refractivity contribution in [3.63, 3.8) is 0 Å². The third-order valence-electron chi connectivity index (χ3n) is 5.44. The maximum atomic E-state index is 12.9. The van der Waals surface area contributed by atoms with Crippen molar-refractivity contribution in [1.29, 1.82) is 0 Å². The van der Waals surface area contributed by atoms with Crippen molar-refractivity contribution in [2.75, 3.05) is 32.8 Å². The smallest absolute Gasteiger partial charge is 0.246 e. The van der Waals surface area contributed by atoms with Gasteiger partial charge in [0.05, 0.1) is 18.0 Å². The van der Waals surface area contributed by atoms with Gasteiger partial charge in [-0.1, -0.05) is 18.2 Å². The number of rotatable bonds is 7. The molecule has 30 heavy (non-hydrogen) atoms. The highest BCUT2D eigenvalue weighted by Crippen LogP contribution is 2.24. The van der Waals surface area contributed by atoms with E-state index in [9.17, 15) is 13.2 Å². The van der Waals surface area contributed by atoms with E-state index in [1.807, 2.05) is 32.0 Å². The van der Waals surface area contributed by atoms with Gasteiger partial charge in [0.2, 0.25) is 15.9 Å². The van der Waals surface area contributed by atoms with Crippen molar-refractivity contribution < 1.29 is 17.9 Å². The number of ether oxygens (including phenoxy) is 1. The number of piperazine rings is 1. The number of aryl methyl sites for hydroxylation is 4. The molecule has 1 amide bonds. The van der Waals surface area contributed by atoms with Crippen LogP contribution in [-0.4, -0.2) is 66.5 Å². The zero-order valence-corrected chi connectivity index (χ0v) is 18.9. The lowest BCUT2D eigenvalue weighted by molar-refractivity contribution is -0.132. The average molecular weight is 435 g/mol. The number of carbonyl (C=O) groups excluding carboxylic acids is 1. The zero-order chi connectivity index (χ0) is 21.9. The Morgan fingerprint density at radius 3 is 2.30 bits per heavy atom. The van der Waals surface area contributed by atoms with E-state index >= 15 is 0 Å². The number of sulfonamides is 1. The summed E-state index contributed by atoms with van der Waals surface area (Å²) in [6, 6.07) is 6.01. The van der Waals surface area contributed by atoms with Crippen molar-refractivity contribution >= 4 is 15.9 Å². The van der Waals surface area contributed by atoms with E-state index in [2.05, 4.69) is 10.2 Å². The zero-order valence-electron chi connectivity index (χ0n) is 18.1. The second kappa shape index (κ2) is 9.18.